The van der Waals surface area contributed by atoms with Crippen LogP contribution in [0.15, 0.2) is 101 Å². The fourth-order valence-electron chi connectivity index (χ4n) is 3.94. The molecule has 0 aliphatic carbocycles. The van der Waals surface area contributed by atoms with Gasteiger partial charge in [0, 0.05) is 12.1 Å². The van der Waals surface area contributed by atoms with Gasteiger partial charge in [-0.1, -0.05) is 60.7 Å². The number of hydrogen-bond donors (Lipinski definition) is 0. The van der Waals surface area contributed by atoms with Crippen molar-refractivity contribution in [1.82, 2.24) is 4.90 Å². The zero-order chi connectivity index (χ0) is 24.2. The average molecular weight is 483 g/mol. The van der Waals surface area contributed by atoms with Crippen LogP contribution in [0.5, 0.6) is 5.75 Å². The Morgan fingerprint density at radius 3 is 2.51 bits per heavy atom. The third kappa shape index (κ3) is 4.98. The van der Waals surface area contributed by atoms with Crippen LogP contribution in [-0.4, -0.2) is 22.5 Å². The van der Waals surface area contributed by atoms with E-state index in [-0.39, 0.29) is 11.7 Å². The molecular weight excluding hydrogens is 459 g/mol. The summed E-state index contributed by atoms with van der Waals surface area (Å²) in [6.07, 6.45) is 1.85. The van der Waals surface area contributed by atoms with Gasteiger partial charge in [0.15, 0.2) is 5.17 Å². The number of aliphatic imine (C=N–C) groups is 1. The summed E-state index contributed by atoms with van der Waals surface area (Å²) in [5.41, 5.74) is 2.52. The number of carbonyl (C=O) groups excluding carboxylic acids is 1. The highest BCUT2D eigenvalue weighted by Crippen LogP contribution is 2.35. The molecule has 0 bridgehead atoms. The smallest absolute Gasteiger partial charge is 0.266 e. The maximum atomic E-state index is 13.3. The van der Waals surface area contributed by atoms with Crippen molar-refractivity contribution in [2.75, 3.05) is 6.54 Å². The number of thioether (sulfide) groups is 1. The Hall–Kier alpha value is -3.90. The second-order valence-corrected chi connectivity index (χ2v) is 9.00. The van der Waals surface area contributed by atoms with Gasteiger partial charge in [-0.15, -0.1) is 0 Å². The van der Waals surface area contributed by atoms with Crippen molar-refractivity contribution in [3.8, 4) is 5.75 Å². The van der Waals surface area contributed by atoms with E-state index in [2.05, 4.69) is 29.3 Å². The average Bonchev–Trinajstić information content (AvgIpc) is 3.18. The lowest BCUT2D eigenvalue weighted by molar-refractivity contribution is -0.122. The van der Waals surface area contributed by atoms with Crippen LogP contribution in [0.3, 0.4) is 0 Å². The topological polar surface area (TPSA) is 41.9 Å². The highest BCUT2D eigenvalue weighted by atomic mass is 32.2. The van der Waals surface area contributed by atoms with E-state index >= 15 is 0 Å². The molecule has 1 aliphatic heterocycles. The van der Waals surface area contributed by atoms with Gasteiger partial charge in [-0.05, 0) is 71.4 Å². The SMILES string of the molecule is CCN1C(=O)/C(=C\c2ccccc2OCc2cccc3ccccc23)SC1=Nc1ccc(F)cc1. The van der Waals surface area contributed by atoms with Gasteiger partial charge in [0.2, 0.25) is 0 Å². The standard InChI is InChI=1S/C29H23FN2O2S/c1-2-32-28(33)27(35-29(32)31-24-16-14-23(30)15-17-24)18-21-9-4-6-13-26(21)34-19-22-11-7-10-20-8-3-5-12-25(20)22/h3-18H,2,19H2,1H3/b27-18+,31-29?. The fraction of sp³-hybridized carbons (Fsp3) is 0.103. The zero-order valence-electron chi connectivity index (χ0n) is 19.1. The molecule has 174 valence electrons. The summed E-state index contributed by atoms with van der Waals surface area (Å²) >= 11 is 1.31. The van der Waals surface area contributed by atoms with Crippen molar-refractivity contribution < 1.29 is 13.9 Å². The summed E-state index contributed by atoms with van der Waals surface area (Å²) in [6, 6.07) is 28.0. The lowest BCUT2D eigenvalue weighted by Gasteiger charge is -2.12. The molecule has 4 aromatic carbocycles. The van der Waals surface area contributed by atoms with Gasteiger partial charge in [0.1, 0.15) is 18.2 Å². The number of hydrogen-bond acceptors (Lipinski definition) is 4. The van der Waals surface area contributed by atoms with Gasteiger partial charge < -0.3 is 4.74 Å². The Bertz CT molecular complexity index is 1440. The molecule has 0 unspecified atom stereocenters. The lowest BCUT2D eigenvalue weighted by atomic mass is 10.1. The van der Waals surface area contributed by atoms with E-state index in [1.165, 1.54) is 29.3 Å². The molecule has 1 amide bonds. The second-order valence-electron chi connectivity index (χ2n) is 8.00. The van der Waals surface area contributed by atoms with E-state index < -0.39 is 0 Å². The Kier molecular flexibility index (Phi) is 6.64. The van der Waals surface area contributed by atoms with Gasteiger partial charge >= 0.3 is 0 Å². The predicted octanol–water partition coefficient (Wildman–Crippen LogP) is 7.18. The van der Waals surface area contributed by atoms with E-state index in [4.69, 9.17) is 4.74 Å². The van der Waals surface area contributed by atoms with Crippen molar-refractivity contribution in [2.45, 2.75) is 13.5 Å². The highest BCUT2D eigenvalue weighted by molar-refractivity contribution is 8.18. The van der Waals surface area contributed by atoms with Crippen molar-refractivity contribution >= 4 is 45.4 Å². The van der Waals surface area contributed by atoms with Gasteiger partial charge in [0.25, 0.3) is 5.91 Å². The van der Waals surface area contributed by atoms with Crippen LogP contribution in [0, 0.1) is 5.82 Å². The molecule has 4 nitrogen and oxygen atoms in total. The monoisotopic (exact) mass is 482 g/mol. The third-order valence-corrected chi connectivity index (χ3v) is 6.73. The number of likely N-dealkylation sites (N-methyl/N-ethyl adjacent to an activating group) is 1. The predicted molar refractivity (Wildman–Crippen MR) is 141 cm³/mol. The minimum absolute atomic E-state index is 0.109. The van der Waals surface area contributed by atoms with Crippen LogP contribution in [-0.2, 0) is 11.4 Å². The molecule has 5 rings (SSSR count). The van der Waals surface area contributed by atoms with Crippen LogP contribution < -0.4 is 4.74 Å². The fourth-order valence-corrected chi connectivity index (χ4v) is 5.00. The Morgan fingerprint density at radius 1 is 0.943 bits per heavy atom. The number of para-hydroxylation sites is 1. The lowest BCUT2D eigenvalue weighted by Crippen LogP contribution is -2.28. The Balaban J connectivity index is 1.41. The van der Waals surface area contributed by atoms with Gasteiger partial charge in [-0.25, -0.2) is 9.38 Å². The molecule has 0 spiro atoms. The first-order valence-corrected chi connectivity index (χ1v) is 12.2. The quantitative estimate of drug-likeness (QED) is 0.273. The summed E-state index contributed by atoms with van der Waals surface area (Å²) in [5.74, 6) is 0.271. The molecular formula is C29H23FN2O2S. The summed E-state index contributed by atoms with van der Waals surface area (Å²) in [4.78, 5) is 19.8. The second kappa shape index (κ2) is 10.2. The number of amidine groups is 1. The zero-order valence-corrected chi connectivity index (χ0v) is 20.0. The molecule has 0 atom stereocenters. The highest BCUT2D eigenvalue weighted by Gasteiger charge is 2.32. The van der Waals surface area contributed by atoms with E-state index in [9.17, 15) is 9.18 Å². The Labute approximate surface area is 207 Å². The van der Waals surface area contributed by atoms with E-state index in [1.807, 2.05) is 55.5 Å². The third-order valence-electron chi connectivity index (χ3n) is 5.72. The molecule has 0 aromatic heterocycles. The van der Waals surface area contributed by atoms with Crippen LogP contribution in [0.2, 0.25) is 0 Å². The van der Waals surface area contributed by atoms with Gasteiger partial charge in [-0.3, -0.25) is 9.69 Å². The van der Waals surface area contributed by atoms with E-state index in [0.29, 0.717) is 34.7 Å². The number of fused-ring (bicyclic) bond motifs is 1. The number of ether oxygens (including phenoxy) is 1. The van der Waals surface area contributed by atoms with Gasteiger partial charge in [0.05, 0.1) is 10.6 Å². The first kappa shape index (κ1) is 22.9. The van der Waals surface area contributed by atoms with Crippen LogP contribution in [0.4, 0.5) is 10.1 Å². The van der Waals surface area contributed by atoms with Crippen molar-refractivity contribution in [2.24, 2.45) is 4.99 Å². The molecule has 0 radical (unpaired) electrons. The number of amides is 1. The molecule has 1 fully saturated rings. The number of rotatable bonds is 6. The minimum Gasteiger partial charge on any atom is -0.488 e. The van der Waals surface area contributed by atoms with Crippen LogP contribution in [0.25, 0.3) is 16.8 Å². The molecule has 35 heavy (non-hydrogen) atoms. The maximum absolute atomic E-state index is 13.3. The maximum Gasteiger partial charge on any atom is 0.266 e. The van der Waals surface area contributed by atoms with Crippen molar-refractivity contribution in [1.29, 1.82) is 0 Å². The van der Waals surface area contributed by atoms with Gasteiger partial charge in [-0.2, -0.15) is 0 Å². The normalized spacial score (nSPS) is 15.9. The van der Waals surface area contributed by atoms with Crippen molar-refractivity contribution in [3.63, 3.8) is 0 Å². The van der Waals surface area contributed by atoms with E-state index in [0.717, 1.165) is 16.5 Å². The first-order valence-electron chi connectivity index (χ1n) is 11.4. The minimum atomic E-state index is -0.322. The van der Waals surface area contributed by atoms with E-state index in [1.54, 1.807) is 17.0 Å². The number of halogens is 1. The summed E-state index contributed by atoms with van der Waals surface area (Å²) in [5, 5.41) is 2.90. The summed E-state index contributed by atoms with van der Waals surface area (Å²) in [6.45, 7) is 2.81. The molecule has 0 N–H and O–H groups in total. The summed E-state index contributed by atoms with van der Waals surface area (Å²) in [7, 11) is 0. The van der Waals surface area contributed by atoms with Crippen LogP contribution >= 0.6 is 11.8 Å². The first-order chi connectivity index (χ1) is 17.1. The molecule has 1 aliphatic rings. The van der Waals surface area contributed by atoms with Crippen LogP contribution in [0.1, 0.15) is 18.1 Å². The molecule has 1 heterocycles. The molecule has 6 heteroatoms. The molecule has 0 saturated carbocycles. The largest absolute Gasteiger partial charge is 0.488 e. The molecule has 1 saturated heterocycles. The number of benzene rings is 4. The number of nitrogens with zero attached hydrogens (tertiary/aromatic N) is 2. The number of carbonyl (C=O) groups is 1. The summed E-state index contributed by atoms with van der Waals surface area (Å²) < 4.78 is 19.5. The van der Waals surface area contributed by atoms with Crippen molar-refractivity contribution in [3.05, 3.63) is 113 Å². The Morgan fingerprint density at radius 2 is 1.69 bits per heavy atom. The molecule has 4 aromatic rings.